The first-order valence-electron chi connectivity index (χ1n) is 7.79. The van der Waals surface area contributed by atoms with Crippen molar-refractivity contribution in [2.24, 2.45) is 0 Å². The van der Waals surface area contributed by atoms with Crippen molar-refractivity contribution in [2.45, 2.75) is 50.6 Å². The van der Waals surface area contributed by atoms with Crippen molar-refractivity contribution in [3.05, 3.63) is 30.1 Å². The Morgan fingerprint density at radius 1 is 1.15 bits per heavy atom. The molecule has 108 valence electrons. The average Bonchev–Trinajstić information content (AvgIpc) is 3.03. The molecule has 3 rings (SSSR count). The Morgan fingerprint density at radius 3 is 2.55 bits per heavy atom. The molecule has 2 aliphatic rings. The van der Waals surface area contributed by atoms with Crippen LogP contribution in [0, 0.1) is 0 Å². The largest absolute Gasteiger partial charge is 0.348 e. The second-order valence-corrected chi connectivity index (χ2v) is 5.94. The van der Waals surface area contributed by atoms with Gasteiger partial charge in [0.15, 0.2) is 0 Å². The highest BCUT2D eigenvalue weighted by atomic mass is 16.1. The summed E-state index contributed by atoms with van der Waals surface area (Å²) in [6.45, 7) is 2.25. The van der Waals surface area contributed by atoms with Crippen molar-refractivity contribution in [1.82, 2.24) is 15.2 Å². The van der Waals surface area contributed by atoms with Crippen molar-refractivity contribution in [3.8, 4) is 0 Å². The second-order valence-electron chi connectivity index (χ2n) is 5.94. The second kappa shape index (κ2) is 6.35. The fourth-order valence-corrected chi connectivity index (χ4v) is 3.43. The summed E-state index contributed by atoms with van der Waals surface area (Å²) < 4.78 is 0. The topological polar surface area (TPSA) is 45.2 Å². The molecule has 4 nitrogen and oxygen atoms in total. The van der Waals surface area contributed by atoms with Crippen LogP contribution in [-0.2, 0) is 0 Å². The lowest BCUT2D eigenvalue weighted by Crippen LogP contribution is -2.47. The molecule has 4 heteroatoms. The van der Waals surface area contributed by atoms with E-state index in [1.165, 1.54) is 25.7 Å². The molecular formula is C16H23N3O. The Hall–Kier alpha value is -1.42. The molecule has 1 aromatic rings. The van der Waals surface area contributed by atoms with Crippen LogP contribution in [0.15, 0.2) is 24.4 Å². The molecule has 0 bridgehead atoms. The van der Waals surface area contributed by atoms with Gasteiger partial charge in [0.1, 0.15) is 5.69 Å². The maximum atomic E-state index is 12.1. The third kappa shape index (κ3) is 3.18. The highest BCUT2D eigenvalue weighted by Gasteiger charge is 2.27. The lowest BCUT2D eigenvalue weighted by atomic mass is 10.0. The Kier molecular flexibility index (Phi) is 4.31. The van der Waals surface area contributed by atoms with Crippen molar-refractivity contribution in [2.75, 3.05) is 13.1 Å². The maximum absolute atomic E-state index is 12.1. The molecule has 0 atom stereocenters. The van der Waals surface area contributed by atoms with Crippen LogP contribution in [-0.4, -0.2) is 41.0 Å². The van der Waals surface area contributed by atoms with Crippen LogP contribution in [0.2, 0.25) is 0 Å². The first-order chi connectivity index (χ1) is 9.83. The summed E-state index contributed by atoms with van der Waals surface area (Å²) in [5, 5.41) is 3.12. The van der Waals surface area contributed by atoms with Crippen molar-refractivity contribution in [1.29, 1.82) is 0 Å². The molecule has 1 saturated carbocycles. The van der Waals surface area contributed by atoms with Crippen molar-refractivity contribution >= 4 is 5.91 Å². The summed E-state index contributed by atoms with van der Waals surface area (Å²) in [7, 11) is 0. The normalized spacial score (nSPS) is 22.0. The van der Waals surface area contributed by atoms with Gasteiger partial charge in [-0.2, -0.15) is 0 Å². The van der Waals surface area contributed by atoms with Crippen LogP contribution < -0.4 is 5.32 Å². The predicted octanol–water partition coefficient (Wildman–Crippen LogP) is 2.22. The predicted molar refractivity (Wildman–Crippen MR) is 78.6 cm³/mol. The van der Waals surface area contributed by atoms with E-state index in [0.717, 1.165) is 32.0 Å². The quantitative estimate of drug-likeness (QED) is 0.918. The molecule has 0 spiro atoms. The van der Waals surface area contributed by atoms with Gasteiger partial charge in [0.05, 0.1) is 0 Å². The van der Waals surface area contributed by atoms with Gasteiger partial charge in [-0.3, -0.25) is 9.78 Å². The molecule has 0 unspecified atom stereocenters. The Morgan fingerprint density at radius 2 is 1.90 bits per heavy atom. The van der Waals surface area contributed by atoms with E-state index in [4.69, 9.17) is 0 Å². The summed E-state index contributed by atoms with van der Waals surface area (Å²) >= 11 is 0. The van der Waals surface area contributed by atoms with Gasteiger partial charge in [-0.1, -0.05) is 18.9 Å². The number of amides is 1. The molecule has 2 heterocycles. The van der Waals surface area contributed by atoms with E-state index >= 15 is 0 Å². The molecule has 2 fully saturated rings. The van der Waals surface area contributed by atoms with Gasteiger partial charge < -0.3 is 10.2 Å². The van der Waals surface area contributed by atoms with Gasteiger partial charge in [0, 0.05) is 31.4 Å². The number of rotatable bonds is 3. The standard InChI is InChI=1S/C16H23N3O/c20-16(15-7-3-4-10-17-15)18-13-8-11-19(12-9-13)14-5-1-2-6-14/h3-4,7,10,13-14H,1-2,5-6,8-9,11-12H2,(H,18,20). The SMILES string of the molecule is O=C(NC1CCN(C2CCCC2)CC1)c1ccccn1. The molecule has 1 aliphatic carbocycles. The molecule has 1 saturated heterocycles. The summed E-state index contributed by atoms with van der Waals surface area (Å²) in [6.07, 6.45) is 9.31. The lowest BCUT2D eigenvalue weighted by molar-refractivity contribution is 0.0887. The monoisotopic (exact) mass is 273 g/mol. The van der Waals surface area contributed by atoms with E-state index in [1.54, 1.807) is 12.3 Å². The zero-order valence-electron chi connectivity index (χ0n) is 11.9. The van der Waals surface area contributed by atoms with Gasteiger partial charge >= 0.3 is 0 Å². The summed E-state index contributed by atoms with van der Waals surface area (Å²) in [5.41, 5.74) is 0.519. The van der Waals surface area contributed by atoms with E-state index < -0.39 is 0 Å². The number of piperidine rings is 1. The molecular weight excluding hydrogens is 250 g/mol. The Bertz CT molecular complexity index is 434. The van der Waals surface area contributed by atoms with Crippen LogP contribution in [0.4, 0.5) is 0 Å². The number of carbonyl (C=O) groups excluding carboxylic acids is 1. The minimum atomic E-state index is -0.0371. The summed E-state index contributed by atoms with van der Waals surface area (Å²) in [5.74, 6) is -0.0371. The molecule has 1 aliphatic heterocycles. The first-order valence-corrected chi connectivity index (χ1v) is 7.79. The fraction of sp³-hybridized carbons (Fsp3) is 0.625. The van der Waals surface area contributed by atoms with Gasteiger partial charge in [-0.25, -0.2) is 0 Å². The number of carbonyl (C=O) groups is 1. The molecule has 0 radical (unpaired) electrons. The van der Waals surface area contributed by atoms with Crippen LogP contribution in [0.25, 0.3) is 0 Å². The van der Waals surface area contributed by atoms with Gasteiger partial charge in [0.2, 0.25) is 0 Å². The van der Waals surface area contributed by atoms with Crippen LogP contribution in [0.3, 0.4) is 0 Å². The highest BCUT2D eigenvalue weighted by molar-refractivity contribution is 5.92. The van der Waals surface area contributed by atoms with Gasteiger partial charge in [-0.15, -0.1) is 0 Å². The third-order valence-electron chi connectivity index (χ3n) is 4.60. The number of aromatic nitrogens is 1. The minimum Gasteiger partial charge on any atom is -0.348 e. The summed E-state index contributed by atoms with van der Waals surface area (Å²) in [6, 6.07) is 6.56. The number of pyridine rings is 1. The van der Waals surface area contributed by atoms with E-state index in [9.17, 15) is 4.79 Å². The summed E-state index contributed by atoms with van der Waals surface area (Å²) in [4.78, 5) is 18.8. The van der Waals surface area contributed by atoms with Crippen molar-refractivity contribution < 1.29 is 4.79 Å². The average molecular weight is 273 g/mol. The first kappa shape index (κ1) is 13.6. The lowest BCUT2D eigenvalue weighted by Gasteiger charge is -2.36. The van der Waals surface area contributed by atoms with Gasteiger partial charge in [0.25, 0.3) is 5.91 Å². The van der Waals surface area contributed by atoms with Crippen LogP contribution >= 0.6 is 0 Å². The Balaban J connectivity index is 1.47. The number of likely N-dealkylation sites (tertiary alicyclic amines) is 1. The number of nitrogens with one attached hydrogen (secondary N) is 1. The van der Waals surface area contributed by atoms with Crippen LogP contribution in [0.1, 0.15) is 49.0 Å². The van der Waals surface area contributed by atoms with E-state index in [-0.39, 0.29) is 5.91 Å². The maximum Gasteiger partial charge on any atom is 0.270 e. The molecule has 1 aromatic heterocycles. The third-order valence-corrected chi connectivity index (χ3v) is 4.60. The highest BCUT2D eigenvalue weighted by Crippen LogP contribution is 2.26. The molecule has 0 aromatic carbocycles. The zero-order valence-corrected chi connectivity index (χ0v) is 11.9. The fourth-order valence-electron chi connectivity index (χ4n) is 3.43. The zero-order chi connectivity index (χ0) is 13.8. The molecule has 20 heavy (non-hydrogen) atoms. The Labute approximate surface area is 120 Å². The van der Waals surface area contributed by atoms with E-state index in [2.05, 4.69) is 15.2 Å². The number of hydrogen-bond donors (Lipinski definition) is 1. The van der Waals surface area contributed by atoms with Crippen LogP contribution in [0.5, 0.6) is 0 Å². The number of nitrogens with zero attached hydrogens (tertiary/aromatic N) is 2. The molecule has 1 N–H and O–H groups in total. The number of hydrogen-bond acceptors (Lipinski definition) is 3. The smallest absolute Gasteiger partial charge is 0.270 e. The van der Waals surface area contributed by atoms with E-state index in [1.807, 2.05) is 12.1 Å². The van der Waals surface area contributed by atoms with Crippen molar-refractivity contribution in [3.63, 3.8) is 0 Å². The minimum absolute atomic E-state index is 0.0371. The van der Waals surface area contributed by atoms with E-state index in [0.29, 0.717) is 11.7 Å². The molecule has 1 amide bonds. The van der Waals surface area contributed by atoms with Gasteiger partial charge in [-0.05, 0) is 37.8 Å².